The highest BCUT2D eigenvalue weighted by Gasteiger charge is 2.07. The molecular formula is C28H39NO5. The normalized spacial score (nSPS) is 11.6. The van der Waals surface area contributed by atoms with E-state index < -0.39 is 0 Å². The Morgan fingerprint density at radius 1 is 0.882 bits per heavy atom. The van der Waals surface area contributed by atoms with E-state index in [-0.39, 0.29) is 0 Å². The average Bonchev–Trinajstić information content (AvgIpc) is 2.81. The Morgan fingerprint density at radius 3 is 2.21 bits per heavy atom. The highest BCUT2D eigenvalue weighted by atomic mass is 16.6. The molecule has 0 heterocycles. The molecule has 0 saturated carbocycles. The van der Waals surface area contributed by atoms with Gasteiger partial charge in [-0.25, -0.2) is 0 Å². The summed E-state index contributed by atoms with van der Waals surface area (Å²) < 4.78 is 23.3. The molecule has 2 aromatic carbocycles. The second kappa shape index (κ2) is 15.8. The van der Waals surface area contributed by atoms with Gasteiger partial charge in [0.1, 0.15) is 31.0 Å². The number of hydrogen-bond donors (Lipinski definition) is 0. The van der Waals surface area contributed by atoms with Crippen LogP contribution in [-0.2, 0) is 16.2 Å². The maximum absolute atomic E-state index is 6.05. The van der Waals surface area contributed by atoms with Gasteiger partial charge < -0.3 is 23.8 Å². The van der Waals surface area contributed by atoms with Gasteiger partial charge in [-0.05, 0) is 87.9 Å². The second-order valence-corrected chi connectivity index (χ2v) is 8.17. The van der Waals surface area contributed by atoms with E-state index in [1.54, 1.807) is 0 Å². The lowest BCUT2D eigenvalue weighted by Crippen LogP contribution is -2.05. The van der Waals surface area contributed by atoms with Gasteiger partial charge in [-0.3, -0.25) is 0 Å². The summed E-state index contributed by atoms with van der Waals surface area (Å²) in [6.07, 6.45) is 7.01. The number of hydrogen-bond acceptors (Lipinski definition) is 6. The maximum Gasteiger partial charge on any atom is 0.125 e. The number of oxime groups is 1. The molecule has 6 heteroatoms. The van der Waals surface area contributed by atoms with Gasteiger partial charge in [-0.1, -0.05) is 29.4 Å². The summed E-state index contributed by atoms with van der Waals surface area (Å²) in [4.78, 5) is 4.72. The van der Waals surface area contributed by atoms with Gasteiger partial charge in [0.05, 0.1) is 32.1 Å². The molecule has 0 N–H and O–H groups in total. The van der Waals surface area contributed by atoms with Gasteiger partial charge in [0.15, 0.2) is 0 Å². The highest BCUT2D eigenvalue weighted by Crippen LogP contribution is 2.28. The van der Waals surface area contributed by atoms with E-state index in [9.17, 15) is 0 Å². The van der Waals surface area contributed by atoms with Crippen molar-refractivity contribution in [1.29, 1.82) is 0 Å². The third-order valence-corrected chi connectivity index (χ3v) is 5.07. The first kappa shape index (κ1) is 27.3. The molecule has 0 amide bonds. The molecule has 0 spiro atoms. The third-order valence-electron chi connectivity index (χ3n) is 5.07. The fourth-order valence-electron chi connectivity index (χ4n) is 3.39. The van der Waals surface area contributed by atoms with Gasteiger partial charge in [0.25, 0.3) is 0 Å². The Kier molecular flexibility index (Phi) is 12.6. The van der Waals surface area contributed by atoms with Crippen LogP contribution < -0.4 is 14.2 Å². The van der Waals surface area contributed by atoms with Gasteiger partial charge in [-0.15, -0.1) is 0 Å². The molecule has 34 heavy (non-hydrogen) atoms. The quantitative estimate of drug-likeness (QED) is 0.123. The summed E-state index contributed by atoms with van der Waals surface area (Å²) in [5, 5.41) is 3.83. The molecule has 2 aromatic rings. The summed E-state index contributed by atoms with van der Waals surface area (Å²) >= 11 is 0. The van der Waals surface area contributed by atoms with E-state index in [1.165, 1.54) is 7.11 Å². The molecule has 0 aromatic heterocycles. The van der Waals surface area contributed by atoms with E-state index in [2.05, 4.69) is 19.0 Å². The minimum Gasteiger partial charge on any atom is -0.494 e. The van der Waals surface area contributed by atoms with E-state index in [1.807, 2.05) is 62.4 Å². The van der Waals surface area contributed by atoms with Crippen LogP contribution in [0.5, 0.6) is 17.2 Å². The van der Waals surface area contributed by atoms with Crippen molar-refractivity contribution in [2.45, 2.75) is 53.6 Å². The standard InChI is InChI=1S/C28H39NO5/c1-6-7-15-33-27-18-22(2)28(23(3)19-27)34-17-10-8-9-16-32-26-13-11-25(12-14-26)21-31-20-24(4)29-30-5/h6-7,11-14,18-19H,8-10,15-17,20-21H2,1-5H3/b7-6+,29-24+. The third kappa shape index (κ3) is 10.3. The average molecular weight is 470 g/mol. The summed E-state index contributed by atoms with van der Waals surface area (Å²) in [5.74, 6) is 2.71. The van der Waals surface area contributed by atoms with E-state index in [0.717, 1.165) is 58.9 Å². The summed E-state index contributed by atoms with van der Waals surface area (Å²) in [6, 6.07) is 12.1. The molecule has 0 aliphatic rings. The summed E-state index contributed by atoms with van der Waals surface area (Å²) in [5.41, 5.74) is 4.11. The summed E-state index contributed by atoms with van der Waals surface area (Å²) in [7, 11) is 1.53. The smallest absolute Gasteiger partial charge is 0.125 e. The zero-order valence-corrected chi connectivity index (χ0v) is 21.3. The Bertz CT molecular complexity index is 883. The maximum atomic E-state index is 6.05. The van der Waals surface area contributed by atoms with Crippen molar-refractivity contribution in [2.75, 3.05) is 33.5 Å². The molecular weight excluding hydrogens is 430 g/mol. The number of benzene rings is 2. The van der Waals surface area contributed by atoms with Crippen molar-refractivity contribution in [2.24, 2.45) is 5.16 Å². The lowest BCUT2D eigenvalue weighted by molar-refractivity contribution is 0.150. The number of allylic oxidation sites excluding steroid dienone is 1. The van der Waals surface area contributed by atoms with E-state index in [4.69, 9.17) is 23.8 Å². The first-order valence-corrected chi connectivity index (χ1v) is 11.9. The molecule has 0 atom stereocenters. The molecule has 0 aliphatic heterocycles. The molecule has 186 valence electrons. The lowest BCUT2D eigenvalue weighted by atomic mass is 10.1. The Hall–Kier alpha value is -2.99. The number of aryl methyl sites for hydroxylation is 2. The van der Waals surface area contributed by atoms with Crippen molar-refractivity contribution in [3.63, 3.8) is 0 Å². The molecule has 0 unspecified atom stereocenters. The van der Waals surface area contributed by atoms with Crippen molar-refractivity contribution in [3.05, 3.63) is 65.2 Å². The van der Waals surface area contributed by atoms with Crippen molar-refractivity contribution < 1.29 is 23.8 Å². The van der Waals surface area contributed by atoms with Gasteiger partial charge in [0, 0.05) is 0 Å². The molecule has 0 fully saturated rings. The molecule has 0 aliphatic carbocycles. The van der Waals surface area contributed by atoms with E-state index >= 15 is 0 Å². The number of ether oxygens (including phenoxy) is 4. The topological polar surface area (TPSA) is 58.5 Å². The van der Waals surface area contributed by atoms with Crippen LogP contribution in [-0.4, -0.2) is 39.2 Å². The largest absolute Gasteiger partial charge is 0.494 e. The van der Waals surface area contributed by atoms with Gasteiger partial charge in [0.2, 0.25) is 0 Å². The zero-order chi connectivity index (χ0) is 24.6. The van der Waals surface area contributed by atoms with Crippen LogP contribution in [0.1, 0.15) is 49.8 Å². The Labute approximate surface area is 204 Å². The molecule has 0 saturated heterocycles. The number of rotatable bonds is 16. The first-order valence-electron chi connectivity index (χ1n) is 11.9. The highest BCUT2D eigenvalue weighted by molar-refractivity contribution is 5.82. The molecule has 6 nitrogen and oxygen atoms in total. The monoisotopic (exact) mass is 469 g/mol. The fourth-order valence-corrected chi connectivity index (χ4v) is 3.39. The lowest BCUT2D eigenvalue weighted by Gasteiger charge is -2.14. The van der Waals surface area contributed by atoms with Crippen LogP contribution in [0.25, 0.3) is 0 Å². The minimum atomic E-state index is 0.450. The van der Waals surface area contributed by atoms with Gasteiger partial charge in [-0.2, -0.15) is 0 Å². The second-order valence-electron chi connectivity index (χ2n) is 8.17. The predicted molar refractivity (Wildman–Crippen MR) is 137 cm³/mol. The van der Waals surface area contributed by atoms with Crippen LogP contribution in [0.3, 0.4) is 0 Å². The molecule has 0 bridgehead atoms. The fraction of sp³-hybridized carbons (Fsp3) is 0.464. The van der Waals surface area contributed by atoms with Crippen molar-refractivity contribution >= 4 is 5.71 Å². The van der Waals surface area contributed by atoms with Crippen LogP contribution in [0, 0.1) is 13.8 Å². The van der Waals surface area contributed by atoms with Crippen molar-refractivity contribution in [1.82, 2.24) is 0 Å². The molecule has 0 radical (unpaired) electrons. The van der Waals surface area contributed by atoms with Crippen LogP contribution in [0.15, 0.2) is 53.7 Å². The van der Waals surface area contributed by atoms with Crippen LogP contribution >= 0.6 is 0 Å². The Balaban J connectivity index is 1.61. The predicted octanol–water partition coefficient (Wildman–Crippen LogP) is 6.43. The first-order chi connectivity index (χ1) is 16.5. The number of unbranched alkanes of at least 4 members (excludes halogenated alkanes) is 2. The summed E-state index contributed by atoms with van der Waals surface area (Å²) in [6.45, 7) is 10.9. The Morgan fingerprint density at radius 2 is 1.56 bits per heavy atom. The zero-order valence-electron chi connectivity index (χ0n) is 21.3. The molecule has 2 rings (SSSR count). The van der Waals surface area contributed by atoms with Gasteiger partial charge >= 0.3 is 0 Å². The number of nitrogens with zero attached hydrogens (tertiary/aromatic N) is 1. The minimum absolute atomic E-state index is 0.450. The van der Waals surface area contributed by atoms with Crippen LogP contribution in [0.2, 0.25) is 0 Å². The van der Waals surface area contributed by atoms with E-state index in [0.29, 0.717) is 33.0 Å². The van der Waals surface area contributed by atoms with Crippen molar-refractivity contribution in [3.8, 4) is 17.2 Å². The van der Waals surface area contributed by atoms with Crippen LogP contribution in [0.4, 0.5) is 0 Å². The SMILES string of the molecule is C/C=C/COc1cc(C)c(OCCCCCOc2ccc(COC/C(C)=N/OC)cc2)c(C)c1.